The van der Waals surface area contributed by atoms with Crippen molar-refractivity contribution in [3.63, 3.8) is 0 Å². The Hall–Kier alpha value is -2.14. The van der Waals surface area contributed by atoms with Crippen LogP contribution < -0.4 is 10.9 Å². The lowest BCUT2D eigenvalue weighted by Crippen LogP contribution is -2.42. The minimum atomic E-state index is -0.273. The first kappa shape index (κ1) is 12.9. The summed E-state index contributed by atoms with van der Waals surface area (Å²) in [6.07, 6.45) is 0.838. The van der Waals surface area contributed by atoms with Crippen molar-refractivity contribution < 1.29 is 9.59 Å². The third kappa shape index (κ3) is 2.72. The van der Waals surface area contributed by atoms with Gasteiger partial charge in [0.1, 0.15) is 0 Å². The highest BCUT2D eigenvalue weighted by molar-refractivity contribution is 7.12. The molecule has 0 bridgehead atoms. The van der Waals surface area contributed by atoms with Crippen LogP contribution in [0.5, 0.6) is 0 Å². The molecule has 0 unspecified atom stereocenters. The molecule has 0 aliphatic heterocycles. The van der Waals surface area contributed by atoms with Crippen molar-refractivity contribution in [2.75, 3.05) is 0 Å². The van der Waals surface area contributed by atoms with Gasteiger partial charge in [-0.05, 0) is 29.3 Å². The lowest BCUT2D eigenvalue weighted by atomic mass is 10.1. The molecule has 2 atom stereocenters. The first-order valence-electron chi connectivity index (χ1n) is 6.44. The topological polar surface area (TPSA) is 58.2 Å². The van der Waals surface area contributed by atoms with Gasteiger partial charge in [0.15, 0.2) is 0 Å². The normalized spacial score (nSPS) is 20.2. The highest BCUT2D eigenvalue weighted by Gasteiger charge is 2.43. The van der Waals surface area contributed by atoms with Crippen LogP contribution in [0, 0.1) is 5.92 Å². The molecule has 1 fully saturated rings. The fraction of sp³-hybridized carbons (Fsp3) is 0.200. The number of carbonyl (C=O) groups is 2. The molecule has 2 amide bonds. The predicted molar refractivity (Wildman–Crippen MR) is 77.2 cm³/mol. The van der Waals surface area contributed by atoms with Crippen molar-refractivity contribution in [1.29, 1.82) is 0 Å². The second-order valence-corrected chi connectivity index (χ2v) is 5.73. The third-order valence-corrected chi connectivity index (χ3v) is 4.27. The smallest absolute Gasteiger partial charge is 0.273 e. The second-order valence-electron chi connectivity index (χ2n) is 4.78. The maximum Gasteiger partial charge on any atom is 0.279 e. The van der Waals surface area contributed by atoms with Gasteiger partial charge in [-0.1, -0.05) is 36.4 Å². The zero-order valence-electron chi connectivity index (χ0n) is 10.7. The molecule has 1 aromatic heterocycles. The molecule has 1 aromatic carbocycles. The molecule has 5 heteroatoms. The summed E-state index contributed by atoms with van der Waals surface area (Å²) in [5.74, 6) is -0.162. The summed E-state index contributed by atoms with van der Waals surface area (Å²) in [5.41, 5.74) is 6.13. The monoisotopic (exact) mass is 286 g/mol. The van der Waals surface area contributed by atoms with Crippen LogP contribution >= 0.6 is 11.3 Å². The maximum atomic E-state index is 11.9. The van der Waals surface area contributed by atoms with Crippen LogP contribution in [0.2, 0.25) is 0 Å². The number of hydrazine groups is 1. The summed E-state index contributed by atoms with van der Waals surface area (Å²) in [6, 6.07) is 13.5. The molecular weight excluding hydrogens is 272 g/mol. The Morgan fingerprint density at radius 2 is 1.85 bits per heavy atom. The third-order valence-electron chi connectivity index (χ3n) is 3.40. The van der Waals surface area contributed by atoms with E-state index in [0.29, 0.717) is 4.88 Å². The molecule has 1 saturated carbocycles. The largest absolute Gasteiger partial charge is 0.279 e. The molecule has 0 spiro atoms. The number of hydrogen-bond acceptors (Lipinski definition) is 3. The van der Waals surface area contributed by atoms with Gasteiger partial charge in [-0.25, -0.2) is 0 Å². The fourth-order valence-electron chi connectivity index (χ4n) is 2.23. The predicted octanol–water partition coefficient (Wildman–Crippen LogP) is 2.31. The van der Waals surface area contributed by atoms with Gasteiger partial charge < -0.3 is 0 Å². The molecule has 1 aliphatic rings. The molecule has 20 heavy (non-hydrogen) atoms. The van der Waals surface area contributed by atoms with Crippen molar-refractivity contribution in [1.82, 2.24) is 10.9 Å². The SMILES string of the molecule is O=C(NNC(=O)[C@@H]1C[C@H]1c1ccccc1)c1cccs1. The van der Waals surface area contributed by atoms with E-state index < -0.39 is 0 Å². The zero-order valence-corrected chi connectivity index (χ0v) is 11.5. The van der Waals surface area contributed by atoms with E-state index in [4.69, 9.17) is 0 Å². The standard InChI is InChI=1S/C15H14N2O2S/c18-14(16-17-15(19)13-7-4-8-20-13)12-9-11(12)10-5-2-1-3-6-10/h1-8,11-12H,9H2,(H,16,18)(H,17,19)/t11-,12+/m0/s1. The number of hydrogen-bond donors (Lipinski definition) is 2. The first-order chi connectivity index (χ1) is 9.75. The first-order valence-corrected chi connectivity index (χ1v) is 7.32. The van der Waals surface area contributed by atoms with Crippen LogP contribution in [0.25, 0.3) is 0 Å². The highest BCUT2D eigenvalue weighted by atomic mass is 32.1. The molecule has 1 aliphatic carbocycles. The van der Waals surface area contributed by atoms with E-state index in [1.54, 1.807) is 12.1 Å². The van der Waals surface area contributed by atoms with Crippen LogP contribution in [-0.4, -0.2) is 11.8 Å². The molecule has 3 rings (SSSR count). The summed E-state index contributed by atoms with van der Waals surface area (Å²) in [5, 5.41) is 1.82. The quantitative estimate of drug-likeness (QED) is 0.851. The maximum absolute atomic E-state index is 11.9. The Balaban J connectivity index is 1.51. The number of nitrogens with one attached hydrogen (secondary N) is 2. The van der Waals surface area contributed by atoms with Crippen molar-refractivity contribution in [3.05, 3.63) is 58.3 Å². The van der Waals surface area contributed by atoms with Crippen LogP contribution in [-0.2, 0) is 4.79 Å². The van der Waals surface area contributed by atoms with E-state index in [0.717, 1.165) is 6.42 Å². The van der Waals surface area contributed by atoms with E-state index in [9.17, 15) is 9.59 Å². The Morgan fingerprint density at radius 3 is 2.55 bits per heavy atom. The number of benzene rings is 1. The average Bonchev–Trinajstić information content (AvgIpc) is 3.10. The van der Waals surface area contributed by atoms with Gasteiger partial charge in [-0.2, -0.15) is 0 Å². The molecular formula is C15H14N2O2S. The minimum absolute atomic E-state index is 0.0407. The van der Waals surface area contributed by atoms with Gasteiger partial charge in [0.2, 0.25) is 5.91 Å². The number of rotatable bonds is 3. The Kier molecular flexibility index (Phi) is 3.52. The van der Waals surface area contributed by atoms with Crippen LogP contribution in [0.1, 0.15) is 27.6 Å². The van der Waals surface area contributed by atoms with Gasteiger partial charge in [0.05, 0.1) is 4.88 Å². The molecule has 4 nitrogen and oxygen atoms in total. The summed E-state index contributed by atoms with van der Waals surface area (Å²) in [4.78, 5) is 24.2. The fourth-order valence-corrected chi connectivity index (χ4v) is 2.85. The Morgan fingerprint density at radius 1 is 1.05 bits per heavy atom. The minimum Gasteiger partial charge on any atom is -0.273 e. The molecule has 1 heterocycles. The Bertz CT molecular complexity index is 610. The average molecular weight is 286 g/mol. The van der Waals surface area contributed by atoms with Gasteiger partial charge in [0.25, 0.3) is 5.91 Å². The lowest BCUT2D eigenvalue weighted by Gasteiger charge is -2.06. The number of thiophene rings is 1. The van der Waals surface area contributed by atoms with E-state index in [-0.39, 0.29) is 23.7 Å². The van der Waals surface area contributed by atoms with Gasteiger partial charge in [0, 0.05) is 5.92 Å². The van der Waals surface area contributed by atoms with Gasteiger partial charge in [-0.15, -0.1) is 11.3 Å². The van der Waals surface area contributed by atoms with Crippen molar-refractivity contribution >= 4 is 23.2 Å². The van der Waals surface area contributed by atoms with E-state index in [1.807, 2.05) is 35.7 Å². The molecule has 0 radical (unpaired) electrons. The van der Waals surface area contributed by atoms with Crippen LogP contribution in [0.15, 0.2) is 47.8 Å². The van der Waals surface area contributed by atoms with Gasteiger partial charge >= 0.3 is 0 Å². The molecule has 2 N–H and O–H groups in total. The van der Waals surface area contributed by atoms with Crippen molar-refractivity contribution in [2.45, 2.75) is 12.3 Å². The van der Waals surface area contributed by atoms with Crippen LogP contribution in [0.3, 0.4) is 0 Å². The Labute approximate surface area is 120 Å². The van der Waals surface area contributed by atoms with Crippen molar-refractivity contribution in [3.8, 4) is 0 Å². The highest BCUT2D eigenvalue weighted by Crippen LogP contribution is 2.47. The van der Waals surface area contributed by atoms with E-state index in [2.05, 4.69) is 10.9 Å². The van der Waals surface area contributed by atoms with Gasteiger partial charge in [-0.3, -0.25) is 20.4 Å². The lowest BCUT2D eigenvalue weighted by molar-refractivity contribution is -0.123. The van der Waals surface area contributed by atoms with E-state index in [1.165, 1.54) is 16.9 Å². The summed E-state index contributed by atoms with van der Waals surface area (Å²) < 4.78 is 0. The molecule has 2 aromatic rings. The second kappa shape index (κ2) is 5.46. The number of carbonyl (C=O) groups excluding carboxylic acids is 2. The van der Waals surface area contributed by atoms with Crippen LogP contribution in [0.4, 0.5) is 0 Å². The summed E-state index contributed by atoms with van der Waals surface area (Å²) in [7, 11) is 0. The molecule has 102 valence electrons. The summed E-state index contributed by atoms with van der Waals surface area (Å²) >= 11 is 1.34. The zero-order chi connectivity index (χ0) is 13.9. The number of amides is 2. The van der Waals surface area contributed by atoms with E-state index >= 15 is 0 Å². The molecule has 0 saturated heterocycles. The summed E-state index contributed by atoms with van der Waals surface area (Å²) in [6.45, 7) is 0. The van der Waals surface area contributed by atoms with Crippen molar-refractivity contribution in [2.24, 2.45) is 5.92 Å².